The molecule has 7 heteroatoms. The van der Waals surface area contributed by atoms with E-state index in [1.807, 2.05) is 31.2 Å². The molecule has 0 saturated heterocycles. The summed E-state index contributed by atoms with van der Waals surface area (Å²) in [6, 6.07) is 13.1. The lowest BCUT2D eigenvalue weighted by molar-refractivity contribution is -0.124. The fraction of sp³-hybridized carbons (Fsp3) is 0.250. The van der Waals surface area contributed by atoms with Gasteiger partial charge in [-0.15, -0.1) is 0 Å². The van der Waals surface area contributed by atoms with Gasteiger partial charge in [0.1, 0.15) is 11.6 Å². The number of hydrogen-bond acceptors (Lipinski definition) is 4. The number of hydrazone groups is 1. The number of carbonyl (C=O) groups excluding carboxylic acids is 2. The monoisotopic (exact) mass is 371 g/mol. The van der Waals surface area contributed by atoms with Crippen molar-refractivity contribution in [2.45, 2.75) is 26.2 Å². The molecule has 2 amide bonds. The molecule has 2 aromatic rings. The van der Waals surface area contributed by atoms with E-state index in [0.717, 1.165) is 17.7 Å². The molecule has 142 valence electrons. The van der Waals surface area contributed by atoms with Crippen molar-refractivity contribution in [1.29, 1.82) is 0 Å². The Morgan fingerprint density at radius 3 is 2.48 bits per heavy atom. The van der Waals surface area contributed by atoms with Crippen LogP contribution in [-0.2, 0) is 9.59 Å². The molecule has 0 saturated carbocycles. The van der Waals surface area contributed by atoms with Gasteiger partial charge in [-0.3, -0.25) is 9.59 Å². The summed E-state index contributed by atoms with van der Waals surface area (Å²) in [5.41, 5.74) is 3.25. The maximum atomic E-state index is 13.4. The van der Waals surface area contributed by atoms with Gasteiger partial charge < -0.3 is 10.1 Å². The molecular weight excluding hydrogens is 349 g/mol. The quantitative estimate of drug-likeness (QED) is 0.523. The highest BCUT2D eigenvalue weighted by Crippen LogP contribution is 2.13. The van der Waals surface area contributed by atoms with Gasteiger partial charge in [0.25, 0.3) is 0 Å². The van der Waals surface area contributed by atoms with E-state index in [1.165, 1.54) is 24.4 Å². The lowest BCUT2D eigenvalue weighted by atomic mass is 10.2. The van der Waals surface area contributed by atoms with Crippen molar-refractivity contribution >= 4 is 23.7 Å². The molecule has 0 fully saturated rings. The second kappa shape index (κ2) is 10.7. The van der Waals surface area contributed by atoms with E-state index in [1.54, 1.807) is 6.07 Å². The topological polar surface area (TPSA) is 79.8 Å². The summed E-state index contributed by atoms with van der Waals surface area (Å²) >= 11 is 0. The van der Waals surface area contributed by atoms with Crippen LogP contribution in [0.25, 0.3) is 0 Å². The average molecular weight is 371 g/mol. The number of ether oxygens (including phenoxy) is 1. The first-order valence-corrected chi connectivity index (χ1v) is 8.67. The summed E-state index contributed by atoms with van der Waals surface area (Å²) in [6.45, 7) is 2.70. The molecule has 2 N–H and O–H groups in total. The highest BCUT2D eigenvalue weighted by atomic mass is 19.1. The summed E-state index contributed by atoms with van der Waals surface area (Å²) in [6.07, 6.45) is 2.31. The maximum Gasteiger partial charge on any atom is 0.240 e. The first kappa shape index (κ1) is 20.1. The number of rotatable bonds is 9. The SMILES string of the molecule is CCCOc1ccc(C=NNC(=O)CCC(=O)Nc2ccccc2F)cc1. The van der Waals surface area contributed by atoms with Gasteiger partial charge in [-0.25, -0.2) is 9.82 Å². The molecule has 2 aromatic carbocycles. The van der Waals surface area contributed by atoms with Crippen molar-refractivity contribution in [3.8, 4) is 5.75 Å². The zero-order valence-corrected chi connectivity index (χ0v) is 15.1. The van der Waals surface area contributed by atoms with E-state index in [2.05, 4.69) is 15.8 Å². The summed E-state index contributed by atoms with van der Waals surface area (Å²) in [7, 11) is 0. The number of carbonyl (C=O) groups is 2. The van der Waals surface area contributed by atoms with Crippen LogP contribution in [0.2, 0.25) is 0 Å². The highest BCUT2D eigenvalue weighted by molar-refractivity contribution is 5.93. The summed E-state index contributed by atoms with van der Waals surface area (Å²) in [5, 5.41) is 6.28. The number of anilines is 1. The molecule has 0 bridgehead atoms. The second-order valence-corrected chi connectivity index (χ2v) is 5.74. The number of para-hydroxylation sites is 1. The number of amides is 2. The number of nitrogens with zero attached hydrogens (tertiary/aromatic N) is 1. The van der Waals surface area contributed by atoms with Crippen LogP contribution < -0.4 is 15.5 Å². The minimum atomic E-state index is -0.522. The van der Waals surface area contributed by atoms with Crippen LogP contribution in [-0.4, -0.2) is 24.6 Å². The number of nitrogens with one attached hydrogen (secondary N) is 2. The normalized spacial score (nSPS) is 10.6. The van der Waals surface area contributed by atoms with E-state index >= 15 is 0 Å². The largest absolute Gasteiger partial charge is 0.494 e. The number of benzene rings is 2. The molecule has 2 rings (SSSR count). The standard InChI is InChI=1S/C20H22FN3O3/c1-2-13-27-16-9-7-15(8-10-16)14-22-24-20(26)12-11-19(25)23-18-6-4-3-5-17(18)21/h3-10,14H,2,11-13H2,1H3,(H,23,25)(H,24,26). The van der Waals surface area contributed by atoms with Crippen LogP contribution in [0.15, 0.2) is 53.6 Å². The molecule has 0 aromatic heterocycles. The zero-order valence-electron chi connectivity index (χ0n) is 15.1. The lowest BCUT2D eigenvalue weighted by Crippen LogP contribution is -2.20. The van der Waals surface area contributed by atoms with Crippen molar-refractivity contribution in [2.75, 3.05) is 11.9 Å². The molecule has 0 atom stereocenters. The predicted molar refractivity (Wildman–Crippen MR) is 102 cm³/mol. The second-order valence-electron chi connectivity index (χ2n) is 5.74. The highest BCUT2D eigenvalue weighted by Gasteiger charge is 2.08. The summed E-state index contributed by atoms with van der Waals surface area (Å²) in [5.74, 6) is -0.593. The Hall–Kier alpha value is -3.22. The number of hydrogen-bond donors (Lipinski definition) is 2. The Morgan fingerprint density at radius 1 is 1.07 bits per heavy atom. The smallest absolute Gasteiger partial charge is 0.240 e. The van der Waals surface area contributed by atoms with Gasteiger partial charge >= 0.3 is 0 Å². The Balaban J connectivity index is 1.71. The van der Waals surface area contributed by atoms with E-state index in [9.17, 15) is 14.0 Å². The van der Waals surface area contributed by atoms with Crippen LogP contribution in [0.5, 0.6) is 5.75 Å². The zero-order chi connectivity index (χ0) is 19.5. The Bertz CT molecular complexity index is 791. The predicted octanol–water partition coefficient (Wildman–Crippen LogP) is 3.48. The number of halogens is 1. The van der Waals surface area contributed by atoms with Crippen molar-refractivity contribution in [3.05, 3.63) is 59.9 Å². The van der Waals surface area contributed by atoms with Crippen LogP contribution >= 0.6 is 0 Å². The summed E-state index contributed by atoms with van der Waals surface area (Å²) in [4.78, 5) is 23.5. The van der Waals surface area contributed by atoms with Crippen molar-refractivity contribution < 1.29 is 18.7 Å². The average Bonchev–Trinajstić information content (AvgIpc) is 2.67. The van der Waals surface area contributed by atoms with Gasteiger partial charge in [0.15, 0.2) is 0 Å². The van der Waals surface area contributed by atoms with Gasteiger partial charge in [-0.2, -0.15) is 5.10 Å². The van der Waals surface area contributed by atoms with Crippen LogP contribution in [0.4, 0.5) is 10.1 Å². The van der Waals surface area contributed by atoms with Gasteiger partial charge in [0, 0.05) is 12.8 Å². The first-order chi connectivity index (χ1) is 13.1. The lowest BCUT2D eigenvalue weighted by Gasteiger charge is -2.05. The van der Waals surface area contributed by atoms with Gasteiger partial charge in [-0.05, 0) is 48.4 Å². The Kier molecular flexibility index (Phi) is 7.96. The molecule has 6 nitrogen and oxygen atoms in total. The molecule has 0 radical (unpaired) electrons. The van der Waals surface area contributed by atoms with Gasteiger partial charge in [0.2, 0.25) is 11.8 Å². The van der Waals surface area contributed by atoms with E-state index in [4.69, 9.17) is 4.74 Å². The third-order valence-electron chi connectivity index (χ3n) is 3.48. The molecule has 0 heterocycles. The molecule has 0 unspecified atom stereocenters. The molecule has 27 heavy (non-hydrogen) atoms. The molecule has 0 spiro atoms. The fourth-order valence-corrected chi connectivity index (χ4v) is 2.11. The van der Waals surface area contributed by atoms with Crippen LogP contribution in [0.3, 0.4) is 0 Å². The maximum absolute atomic E-state index is 13.4. The van der Waals surface area contributed by atoms with Crippen molar-refractivity contribution in [2.24, 2.45) is 5.10 Å². The Morgan fingerprint density at radius 2 is 1.78 bits per heavy atom. The minimum absolute atomic E-state index is 0.0541. The third kappa shape index (κ3) is 7.27. The van der Waals surface area contributed by atoms with Crippen LogP contribution in [0.1, 0.15) is 31.7 Å². The first-order valence-electron chi connectivity index (χ1n) is 8.67. The van der Waals surface area contributed by atoms with Crippen molar-refractivity contribution in [3.63, 3.8) is 0 Å². The molecule has 0 aliphatic rings. The van der Waals surface area contributed by atoms with Crippen LogP contribution in [0, 0.1) is 5.82 Å². The van der Waals surface area contributed by atoms with Crippen molar-refractivity contribution in [1.82, 2.24) is 5.43 Å². The van der Waals surface area contributed by atoms with Gasteiger partial charge in [0.05, 0.1) is 18.5 Å². The molecule has 0 aliphatic heterocycles. The summed E-state index contributed by atoms with van der Waals surface area (Å²) < 4.78 is 18.9. The van der Waals surface area contributed by atoms with E-state index in [0.29, 0.717) is 6.61 Å². The Labute approximate surface area is 157 Å². The van der Waals surface area contributed by atoms with Gasteiger partial charge in [-0.1, -0.05) is 19.1 Å². The molecular formula is C20H22FN3O3. The van der Waals surface area contributed by atoms with E-state index < -0.39 is 17.6 Å². The van der Waals surface area contributed by atoms with E-state index in [-0.39, 0.29) is 18.5 Å². The third-order valence-corrected chi connectivity index (χ3v) is 3.48. The molecule has 0 aliphatic carbocycles. The fourth-order valence-electron chi connectivity index (χ4n) is 2.11. The minimum Gasteiger partial charge on any atom is -0.494 e.